The molecule has 0 radical (unpaired) electrons. The number of methoxy groups -OCH3 is 1. The third kappa shape index (κ3) is 3.20. The molecule has 1 aromatic heterocycles. The van der Waals surface area contributed by atoms with Crippen molar-refractivity contribution in [1.29, 1.82) is 0 Å². The Labute approximate surface area is 97.5 Å². The van der Waals surface area contributed by atoms with Crippen LogP contribution in [0.15, 0.2) is 18.5 Å². The van der Waals surface area contributed by atoms with Crippen molar-refractivity contribution in [2.75, 3.05) is 7.11 Å². The number of rotatable bonds is 6. The quantitative estimate of drug-likeness (QED) is 0.806. The highest BCUT2D eigenvalue weighted by atomic mass is 16.5. The van der Waals surface area contributed by atoms with Crippen LogP contribution in [-0.2, 0) is 0 Å². The summed E-state index contributed by atoms with van der Waals surface area (Å²) < 4.78 is 5.19. The largest absolute Gasteiger partial charge is 0.495 e. The highest BCUT2D eigenvalue weighted by Crippen LogP contribution is 2.30. The van der Waals surface area contributed by atoms with Gasteiger partial charge in [-0.05, 0) is 18.4 Å². The lowest BCUT2D eigenvalue weighted by atomic mass is 9.93. The number of hydrogen-bond acceptors (Lipinski definition) is 3. The second kappa shape index (κ2) is 6.48. The number of pyridine rings is 1. The molecule has 0 aliphatic heterocycles. The Balaban J connectivity index is 2.75. The van der Waals surface area contributed by atoms with Crippen LogP contribution in [0.25, 0.3) is 0 Å². The number of aliphatic hydroxyl groups is 1. The zero-order valence-electron chi connectivity index (χ0n) is 10.3. The molecule has 16 heavy (non-hydrogen) atoms. The molecule has 0 fully saturated rings. The van der Waals surface area contributed by atoms with Crippen molar-refractivity contribution in [3.05, 3.63) is 24.0 Å². The van der Waals surface area contributed by atoms with Gasteiger partial charge in [-0.3, -0.25) is 4.98 Å². The molecule has 0 bridgehead atoms. The second-order valence-electron chi connectivity index (χ2n) is 4.05. The number of hydrogen-bond donors (Lipinski definition) is 1. The van der Waals surface area contributed by atoms with Crippen molar-refractivity contribution in [2.24, 2.45) is 5.92 Å². The Morgan fingerprint density at radius 2 is 2.06 bits per heavy atom. The van der Waals surface area contributed by atoms with Gasteiger partial charge in [-0.25, -0.2) is 0 Å². The molecular weight excluding hydrogens is 202 g/mol. The fourth-order valence-corrected chi connectivity index (χ4v) is 1.90. The zero-order chi connectivity index (χ0) is 12.0. The van der Waals surface area contributed by atoms with Crippen LogP contribution in [0.4, 0.5) is 0 Å². The molecule has 0 aromatic carbocycles. The summed E-state index contributed by atoms with van der Waals surface area (Å²) in [7, 11) is 1.60. The van der Waals surface area contributed by atoms with E-state index in [-0.39, 0.29) is 0 Å². The van der Waals surface area contributed by atoms with Gasteiger partial charge in [0.05, 0.1) is 19.4 Å². The van der Waals surface area contributed by atoms with Gasteiger partial charge >= 0.3 is 0 Å². The maximum absolute atomic E-state index is 10.2. The highest BCUT2D eigenvalue weighted by molar-refractivity contribution is 5.31. The van der Waals surface area contributed by atoms with E-state index in [0.29, 0.717) is 11.7 Å². The van der Waals surface area contributed by atoms with E-state index in [4.69, 9.17) is 4.74 Å². The van der Waals surface area contributed by atoms with Gasteiger partial charge in [0.15, 0.2) is 0 Å². The van der Waals surface area contributed by atoms with Crippen molar-refractivity contribution in [3.8, 4) is 5.75 Å². The van der Waals surface area contributed by atoms with E-state index in [2.05, 4.69) is 18.8 Å². The highest BCUT2D eigenvalue weighted by Gasteiger charge is 2.16. The first kappa shape index (κ1) is 13.0. The second-order valence-corrected chi connectivity index (χ2v) is 4.05. The molecule has 1 N–H and O–H groups in total. The fraction of sp³-hybridized carbons (Fsp3) is 0.615. The maximum atomic E-state index is 10.2. The number of aliphatic hydroxyl groups excluding tert-OH is 1. The summed E-state index contributed by atoms with van der Waals surface area (Å²) in [4.78, 5) is 3.98. The lowest BCUT2D eigenvalue weighted by molar-refractivity contribution is 0.137. The molecule has 1 aromatic rings. The standard InChI is InChI=1S/C13H21NO2/c1-4-10(5-2)8-12(15)11-6-7-14-9-13(11)16-3/h6-7,9-10,12,15H,4-5,8H2,1-3H3. The van der Waals surface area contributed by atoms with E-state index < -0.39 is 6.10 Å². The zero-order valence-corrected chi connectivity index (χ0v) is 10.3. The SMILES string of the molecule is CCC(CC)CC(O)c1ccncc1OC. The van der Waals surface area contributed by atoms with Crippen LogP contribution in [0.5, 0.6) is 5.75 Å². The Bertz CT molecular complexity index is 311. The summed E-state index contributed by atoms with van der Waals surface area (Å²) in [6, 6.07) is 1.83. The van der Waals surface area contributed by atoms with E-state index >= 15 is 0 Å². The Hall–Kier alpha value is -1.09. The van der Waals surface area contributed by atoms with Crippen molar-refractivity contribution in [3.63, 3.8) is 0 Å². The Morgan fingerprint density at radius 1 is 1.38 bits per heavy atom. The predicted molar refractivity (Wildman–Crippen MR) is 64.4 cm³/mol. The van der Waals surface area contributed by atoms with Crippen molar-refractivity contribution in [2.45, 2.75) is 39.2 Å². The molecule has 1 unspecified atom stereocenters. The monoisotopic (exact) mass is 223 g/mol. The summed E-state index contributed by atoms with van der Waals surface area (Å²) in [5.41, 5.74) is 0.837. The first-order chi connectivity index (χ1) is 7.72. The lowest BCUT2D eigenvalue weighted by Gasteiger charge is -2.19. The minimum atomic E-state index is -0.456. The van der Waals surface area contributed by atoms with Gasteiger partial charge in [-0.1, -0.05) is 26.7 Å². The molecule has 1 atom stereocenters. The molecule has 0 aliphatic carbocycles. The molecule has 1 rings (SSSR count). The van der Waals surface area contributed by atoms with E-state index in [0.717, 1.165) is 24.8 Å². The molecule has 0 amide bonds. The average molecular weight is 223 g/mol. The number of nitrogens with zero attached hydrogens (tertiary/aromatic N) is 1. The molecule has 1 heterocycles. The molecule has 3 nitrogen and oxygen atoms in total. The smallest absolute Gasteiger partial charge is 0.142 e. The average Bonchev–Trinajstić information content (AvgIpc) is 2.35. The summed E-state index contributed by atoms with van der Waals surface area (Å²) >= 11 is 0. The van der Waals surface area contributed by atoms with Crippen LogP contribution in [-0.4, -0.2) is 17.2 Å². The van der Waals surface area contributed by atoms with Gasteiger partial charge in [0.1, 0.15) is 5.75 Å². The van der Waals surface area contributed by atoms with Gasteiger partial charge in [0.2, 0.25) is 0 Å². The molecule has 3 heteroatoms. The van der Waals surface area contributed by atoms with E-state index in [9.17, 15) is 5.11 Å². The summed E-state index contributed by atoms with van der Waals surface area (Å²) in [5.74, 6) is 1.23. The van der Waals surface area contributed by atoms with Gasteiger partial charge in [0.25, 0.3) is 0 Å². The Morgan fingerprint density at radius 3 is 2.62 bits per heavy atom. The molecule has 90 valence electrons. The van der Waals surface area contributed by atoms with Crippen LogP contribution >= 0.6 is 0 Å². The van der Waals surface area contributed by atoms with Crippen LogP contribution < -0.4 is 4.74 Å². The van der Waals surface area contributed by atoms with Gasteiger partial charge < -0.3 is 9.84 Å². The van der Waals surface area contributed by atoms with E-state index in [1.54, 1.807) is 19.5 Å². The minimum absolute atomic E-state index is 0.456. The van der Waals surface area contributed by atoms with Crippen LogP contribution in [0.2, 0.25) is 0 Å². The predicted octanol–water partition coefficient (Wildman–Crippen LogP) is 2.95. The molecule has 0 saturated carbocycles. The normalized spacial score (nSPS) is 12.8. The van der Waals surface area contributed by atoms with Crippen molar-refractivity contribution >= 4 is 0 Å². The van der Waals surface area contributed by atoms with Gasteiger partial charge in [-0.2, -0.15) is 0 Å². The van der Waals surface area contributed by atoms with Crippen LogP contribution in [0, 0.1) is 5.92 Å². The molecular formula is C13H21NO2. The molecule has 0 aliphatic rings. The fourth-order valence-electron chi connectivity index (χ4n) is 1.90. The number of aromatic nitrogens is 1. The number of ether oxygens (including phenoxy) is 1. The van der Waals surface area contributed by atoms with Gasteiger partial charge in [0, 0.05) is 11.8 Å². The third-order valence-electron chi connectivity index (χ3n) is 3.11. The van der Waals surface area contributed by atoms with E-state index in [1.165, 1.54) is 0 Å². The Kier molecular flexibility index (Phi) is 5.26. The molecule has 0 spiro atoms. The lowest BCUT2D eigenvalue weighted by Crippen LogP contribution is -2.07. The third-order valence-corrected chi connectivity index (χ3v) is 3.11. The minimum Gasteiger partial charge on any atom is -0.495 e. The van der Waals surface area contributed by atoms with Crippen molar-refractivity contribution < 1.29 is 9.84 Å². The van der Waals surface area contributed by atoms with E-state index in [1.807, 2.05) is 6.07 Å². The van der Waals surface area contributed by atoms with Crippen molar-refractivity contribution in [1.82, 2.24) is 4.98 Å². The summed E-state index contributed by atoms with van der Waals surface area (Å²) in [6.07, 6.45) is 5.86. The first-order valence-corrected chi connectivity index (χ1v) is 5.88. The maximum Gasteiger partial charge on any atom is 0.142 e. The topological polar surface area (TPSA) is 42.4 Å². The summed E-state index contributed by atoms with van der Waals surface area (Å²) in [6.45, 7) is 4.31. The first-order valence-electron chi connectivity index (χ1n) is 5.88. The summed E-state index contributed by atoms with van der Waals surface area (Å²) in [5, 5.41) is 10.2. The molecule has 0 saturated heterocycles. The van der Waals surface area contributed by atoms with Crippen LogP contribution in [0.3, 0.4) is 0 Å². The van der Waals surface area contributed by atoms with Crippen LogP contribution in [0.1, 0.15) is 44.8 Å². The van der Waals surface area contributed by atoms with Gasteiger partial charge in [-0.15, -0.1) is 0 Å².